The van der Waals surface area contributed by atoms with E-state index in [1.54, 1.807) is 31.4 Å². The van der Waals surface area contributed by atoms with Crippen LogP contribution in [0.25, 0.3) is 21.2 Å². The van der Waals surface area contributed by atoms with Crippen LogP contribution in [-0.2, 0) is 6.54 Å². The van der Waals surface area contributed by atoms with Gasteiger partial charge in [0, 0.05) is 33.8 Å². The van der Waals surface area contributed by atoms with Crippen LogP contribution in [0.3, 0.4) is 0 Å². The Kier molecular flexibility index (Phi) is 8.43. The van der Waals surface area contributed by atoms with E-state index < -0.39 is 11.7 Å². The van der Waals surface area contributed by atoms with Gasteiger partial charge in [0.2, 0.25) is 5.91 Å². The van der Waals surface area contributed by atoms with Gasteiger partial charge in [0.1, 0.15) is 16.4 Å². The molecule has 1 heterocycles. The molecule has 0 spiro atoms. The van der Waals surface area contributed by atoms with Crippen molar-refractivity contribution in [2.24, 2.45) is 11.7 Å². The summed E-state index contributed by atoms with van der Waals surface area (Å²) < 4.78 is 21.0. The molecule has 2 N–H and O–H groups in total. The highest BCUT2D eigenvalue weighted by molar-refractivity contribution is 7.21. The van der Waals surface area contributed by atoms with Crippen LogP contribution in [0.2, 0.25) is 5.02 Å². The van der Waals surface area contributed by atoms with Gasteiger partial charge in [-0.15, -0.1) is 11.3 Å². The lowest BCUT2D eigenvalue weighted by Gasteiger charge is -2.37. The van der Waals surface area contributed by atoms with E-state index in [-0.39, 0.29) is 17.0 Å². The SMILES string of the molecule is CCC1CCC(N(Cc2cc(-c3ccc(C(N)=O)cc3)ccc2OC)C(=O)c2sc3cccc(F)c3c2Cl)CC1. The van der Waals surface area contributed by atoms with Gasteiger partial charge >= 0.3 is 0 Å². The zero-order valence-corrected chi connectivity index (χ0v) is 24.2. The molecule has 208 valence electrons. The number of benzene rings is 3. The largest absolute Gasteiger partial charge is 0.496 e. The van der Waals surface area contributed by atoms with E-state index in [2.05, 4.69) is 6.92 Å². The van der Waals surface area contributed by atoms with Gasteiger partial charge in [-0.25, -0.2) is 4.39 Å². The standard InChI is InChI=1S/C32H32ClFN2O3S/c1-3-19-7-14-24(15-8-19)36(32(38)30-29(33)28-25(34)5-4-6-27(28)40-30)18-23-17-22(13-16-26(23)39-2)20-9-11-21(12-10-20)31(35)37/h4-6,9-13,16-17,19,24H,3,7-8,14-15,18H2,1-2H3,(H2,35,37). The van der Waals surface area contributed by atoms with Gasteiger partial charge in [0.25, 0.3) is 5.91 Å². The molecule has 0 aliphatic heterocycles. The third-order valence-corrected chi connectivity index (χ3v) is 9.65. The minimum absolute atomic E-state index is 0.0321. The van der Waals surface area contributed by atoms with E-state index >= 15 is 0 Å². The third kappa shape index (κ3) is 5.58. The van der Waals surface area contributed by atoms with E-state index in [4.69, 9.17) is 22.1 Å². The summed E-state index contributed by atoms with van der Waals surface area (Å²) in [7, 11) is 1.62. The van der Waals surface area contributed by atoms with Crippen LogP contribution < -0.4 is 10.5 Å². The van der Waals surface area contributed by atoms with Crippen molar-refractivity contribution < 1.29 is 18.7 Å². The fraction of sp³-hybridized carbons (Fsp3) is 0.312. The average Bonchev–Trinajstić information content (AvgIpc) is 3.32. The number of fused-ring (bicyclic) bond motifs is 1. The number of rotatable bonds is 8. The number of thiophene rings is 1. The number of hydrogen-bond acceptors (Lipinski definition) is 4. The molecule has 5 nitrogen and oxygen atoms in total. The number of carbonyl (C=O) groups excluding carboxylic acids is 2. The van der Waals surface area contributed by atoms with Crippen LogP contribution in [0.15, 0.2) is 60.7 Å². The second-order valence-corrected chi connectivity index (χ2v) is 11.8. The van der Waals surface area contributed by atoms with Crippen molar-refractivity contribution in [2.45, 2.75) is 51.6 Å². The summed E-state index contributed by atoms with van der Waals surface area (Å²) in [4.78, 5) is 28.0. The molecular formula is C32H32ClFN2O3S. The Morgan fingerprint density at radius 3 is 2.38 bits per heavy atom. The van der Waals surface area contributed by atoms with Crippen molar-refractivity contribution in [3.05, 3.63) is 87.5 Å². The van der Waals surface area contributed by atoms with Gasteiger partial charge in [-0.1, -0.05) is 49.2 Å². The Balaban J connectivity index is 1.53. The number of ether oxygens (including phenoxy) is 1. The minimum atomic E-state index is -0.478. The summed E-state index contributed by atoms with van der Waals surface area (Å²) >= 11 is 7.89. The maximum atomic E-state index is 14.6. The molecule has 0 atom stereocenters. The van der Waals surface area contributed by atoms with Gasteiger partial charge in [-0.2, -0.15) is 0 Å². The molecule has 1 fully saturated rings. The van der Waals surface area contributed by atoms with Crippen molar-refractivity contribution in [1.29, 1.82) is 0 Å². The lowest BCUT2D eigenvalue weighted by atomic mass is 9.83. The first-order valence-electron chi connectivity index (χ1n) is 13.5. The summed E-state index contributed by atoms with van der Waals surface area (Å²) in [5.41, 5.74) is 8.54. The minimum Gasteiger partial charge on any atom is -0.496 e. The molecule has 4 aromatic rings. The molecule has 3 aromatic carbocycles. The van der Waals surface area contributed by atoms with Crippen LogP contribution in [0.5, 0.6) is 5.75 Å². The Morgan fingerprint density at radius 2 is 1.75 bits per heavy atom. The van der Waals surface area contributed by atoms with E-state index in [1.165, 1.54) is 17.4 Å². The number of amides is 2. The second kappa shape index (κ2) is 12.0. The fourth-order valence-electron chi connectivity index (χ4n) is 5.66. The Hall–Kier alpha value is -3.42. The number of nitrogens with zero attached hydrogens (tertiary/aromatic N) is 1. The maximum Gasteiger partial charge on any atom is 0.266 e. The number of methoxy groups -OCH3 is 1. The summed E-state index contributed by atoms with van der Waals surface area (Å²) in [5.74, 6) is 0.240. The first kappa shape index (κ1) is 28.1. The van der Waals surface area contributed by atoms with Crippen molar-refractivity contribution in [2.75, 3.05) is 7.11 Å². The van der Waals surface area contributed by atoms with Gasteiger partial charge in [0.05, 0.1) is 12.1 Å². The van der Waals surface area contributed by atoms with E-state index in [1.807, 2.05) is 35.2 Å². The predicted molar refractivity (Wildman–Crippen MR) is 160 cm³/mol. The number of hydrogen-bond donors (Lipinski definition) is 1. The molecule has 0 radical (unpaired) electrons. The van der Waals surface area contributed by atoms with Crippen molar-refractivity contribution in [3.8, 4) is 16.9 Å². The van der Waals surface area contributed by atoms with Crippen LogP contribution in [0.4, 0.5) is 4.39 Å². The molecular weight excluding hydrogens is 547 g/mol. The summed E-state index contributed by atoms with van der Waals surface area (Å²) in [6, 6.07) is 17.8. The van der Waals surface area contributed by atoms with Crippen LogP contribution in [0, 0.1) is 11.7 Å². The lowest BCUT2D eigenvalue weighted by molar-refractivity contribution is 0.0591. The lowest BCUT2D eigenvalue weighted by Crippen LogP contribution is -2.41. The Morgan fingerprint density at radius 1 is 1.05 bits per heavy atom. The first-order chi connectivity index (χ1) is 19.3. The number of nitrogens with two attached hydrogens (primary N) is 1. The quantitative estimate of drug-likeness (QED) is 0.230. The van der Waals surface area contributed by atoms with Gasteiger partial charge in [-0.3, -0.25) is 9.59 Å². The Bertz CT molecular complexity index is 1540. The average molecular weight is 579 g/mol. The summed E-state index contributed by atoms with van der Waals surface area (Å²) in [6.07, 6.45) is 5.05. The summed E-state index contributed by atoms with van der Waals surface area (Å²) in [6.45, 7) is 2.54. The molecule has 1 saturated carbocycles. The van der Waals surface area contributed by atoms with Gasteiger partial charge in [-0.05, 0) is 79.1 Å². The molecule has 8 heteroatoms. The highest BCUT2D eigenvalue weighted by Gasteiger charge is 2.32. The monoisotopic (exact) mass is 578 g/mol. The number of carbonyl (C=O) groups is 2. The number of primary amides is 1. The second-order valence-electron chi connectivity index (χ2n) is 10.3. The smallest absolute Gasteiger partial charge is 0.266 e. The molecule has 0 bridgehead atoms. The molecule has 40 heavy (non-hydrogen) atoms. The number of halogens is 2. The normalized spacial score (nSPS) is 17.1. The molecule has 1 aromatic heterocycles. The zero-order valence-electron chi connectivity index (χ0n) is 22.6. The third-order valence-electron chi connectivity index (χ3n) is 8.02. The highest BCUT2D eigenvalue weighted by atomic mass is 35.5. The Labute approximate surface area is 242 Å². The van der Waals surface area contributed by atoms with E-state index in [0.717, 1.165) is 48.8 Å². The molecule has 1 aliphatic rings. The van der Waals surface area contributed by atoms with Crippen LogP contribution in [0.1, 0.15) is 64.6 Å². The van der Waals surface area contributed by atoms with Gasteiger partial charge in [0.15, 0.2) is 0 Å². The molecule has 0 saturated heterocycles. The molecule has 0 unspecified atom stereocenters. The van der Waals surface area contributed by atoms with Crippen LogP contribution >= 0.6 is 22.9 Å². The predicted octanol–water partition coefficient (Wildman–Crippen LogP) is 8.08. The molecule has 1 aliphatic carbocycles. The first-order valence-corrected chi connectivity index (χ1v) is 14.7. The maximum absolute atomic E-state index is 14.6. The fourth-order valence-corrected chi connectivity index (χ4v) is 7.17. The van der Waals surface area contributed by atoms with Crippen molar-refractivity contribution in [1.82, 2.24) is 4.90 Å². The van der Waals surface area contributed by atoms with Gasteiger partial charge < -0.3 is 15.4 Å². The topological polar surface area (TPSA) is 72.6 Å². The molecule has 5 rings (SSSR count). The zero-order chi connectivity index (χ0) is 28.4. The van der Waals surface area contributed by atoms with E-state index in [0.29, 0.717) is 38.7 Å². The van der Waals surface area contributed by atoms with Crippen molar-refractivity contribution >= 4 is 44.8 Å². The van der Waals surface area contributed by atoms with E-state index in [9.17, 15) is 14.0 Å². The highest BCUT2D eigenvalue weighted by Crippen LogP contribution is 2.40. The van der Waals surface area contributed by atoms with Crippen molar-refractivity contribution in [3.63, 3.8) is 0 Å². The summed E-state index contributed by atoms with van der Waals surface area (Å²) in [5, 5.41) is 0.469. The molecule has 2 amide bonds. The van der Waals surface area contributed by atoms with Crippen LogP contribution in [-0.4, -0.2) is 29.9 Å².